The highest BCUT2D eigenvalue weighted by molar-refractivity contribution is 4.78. The lowest BCUT2D eigenvalue weighted by Crippen LogP contribution is -2.48. The molecule has 2 saturated heterocycles. The zero-order valence-electron chi connectivity index (χ0n) is 11.5. The first-order valence-electron chi connectivity index (χ1n) is 7.29. The van der Waals surface area contributed by atoms with E-state index in [2.05, 4.69) is 24.1 Å². The van der Waals surface area contributed by atoms with Gasteiger partial charge in [-0.25, -0.2) is 0 Å². The third-order valence-corrected chi connectivity index (χ3v) is 4.29. The van der Waals surface area contributed by atoms with Crippen LogP contribution in [0, 0.1) is 11.8 Å². The van der Waals surface area contributed by atoms with E-state index < -0.39 is 0 Å². The van der Waals surface area contributed by atoms with Gasteiger partial charge in [0.15, 0.2) is 0 Å². The van der Waals surface area contributed by atoms with Crippen molar-refractivity contribution in [2.75, 3.05) is 39.4 Å². The molecule has 100 valence electrons. The van der Waals surface area contributed by atoms with Crippen LogP contribution in [0.2, 0.25) is 0 Å². The minimum Gasteiger partial charge on any atom is -0.378 e. The Hall–Kier alpha value is -0.120. The van der Waals surface area contributed by atoms with E-state index in [1.807, 2.05) is 0 Å². The molecule has 0 aromatic carbocycles. The first-order valence-corrected chi connectivity index (χ1v) is 7.29. The number of morpholine rings is 1. The van der Waals surface area contributed by atoms with E-state index in [1.165, 1.54) is 38.9 Å². The zero-order valence-corrected chi connectivity index (χ0v) is 11.5. The molecule has 2 aliphatic heterocycles. The normalized spacial score (nSPS) is 32.6. The average Bonchev–Trinajstić information content (AvgIpc) is 2.56. The van der Waals surface area contributed by atoms with Crippen LogP contribution in [-0.4, -0.2) is 50.3 Å². The van der Waals surface area contributed by atoms with Gasteiger partial charge in [0.25, 0.3) is 0 Å². The smallest absolute Gasteiger partial charge is 0.0632 e. The molecule has 1 N–H and O–H groups in total. The monoisotopic (exact) mass is 240 g/mol. The highest BCUT2D eigenvalue weighted by Crippen LogP contribution is 2.24. The molecule has 17 heavy (non-hydrogen) atoms. The van der Waals surface area contributed by atoms with Gasteiger partial charge >= 0.3 is 0 Å². The lowest BCUT2D eigenvalue weighted by Gasteiger charge is -2.29. The summed E-state index contributed by atoms with van der Waals surface area (Å²) in [4.78, 5) is 2.63. The van der Waals surface area contributed by atoms with Gasteiger partial charge in [0, 0.05) is 19.1 Å². The first kappa shape index (κ1) is 13.3. The summed E-state index contributed by atoms with van der Waals surface area (Å²) in [5, 5.41) is 3.55. The summed E-state index contributed by atoms with van der Waals surface area (Å²) in [6.45, 7) is 11.3. The molecule has 2 rings (SSSR count). The van der Waals surface area contributed by atoms with Crippen molar-refractivity contribution in [3.05, 3.63) is 0 Å². The Morgan fingerprint density at radius 1 is 1.29 bits per heavy atom. The molecule has 2 unspecified atom stereocenters. The highest BCUT2D eigenvalue weighted by atomic mass is 16.5. The van der Waals surface area contributed by atoms with Crippen molar-refractivity contribution >= 4 is 0 Å². The number of likely N-dealkylation sites (tertiary alicyclic amines) is 1. The van der Waals surface area contributed by atoms with Gasteiger partial charge in [0.1, 0.15) is 0 Å². The summed E-state index contributed by atoms with van der Waals surface area (Å²) in [7, 11) is 0. The fourth-order valence-corrected chi connectivity index (χ4v) is 3.08. The van der Waals surface area contributed by atoms with E-state index in [4.69, 9.17) is 4.74 Å². The summed E-state index contributed by atoms with van der Waals surface area (Å²) in [5.41, 5.74) is 0. The molecule has 0 aliphatic carbocycles. The van der Waals surface area contributed by atoms with Crippen molar-refractivity contribution in [3.8, 4) is 0 Å². The maximum Gasteiger partial charge on any atom is 0.0632 e. The molecule has 0 aromatic rings. The molecule has 3 heteroatoms. The second-order valence-electron chi connectivity index (χ2n) is 5.96. The molecule has 0 bridgehead atoms. The summed E-state index contributed by atoms with van der Waals surface area (Å²) in [5.74, 6) is 1.79. The number of ether oxygens (including phenoxy) is 1. The van der Waals surface area contributed by atoms with Crippen molar-refractivity contribution in [1.29, 1.82) is 0 Å². The predicted octanol–water partition coefficient (Wildman–Crippen LogP) is 1.73. The number of hydrogen-bond donors (Lipinski definition) is 1. The molecule has 0 radical (unpaired) electrons. The summed E-state index contributed by atoms with van der Waals surface area (Å²) >= 11 is 0. The third-order valence-electron chi connectivity index (χ3n) is 4.29. The van der Waals surface area contributed by atoms with E-state index in [0.717, 1.165) is 31.6 Å². The van der Waals surface area contributed by atoms with E-state index in [0.29, 0.717) is 6.04 Å². The molecular formula is C14H28N2O. The Labute approximate surface area is 106 Å². The summed E-state index contributed by atoms with van der Waals surface area (Å²) < 4.78 is 5.53. The molecule has 0 saturated carbocycles. The van der Waals surface area contributed by atoms with Crippen LogP contribution in [0.1, 0.15) is 33.1 Å². The van der Waals surface area contributed by atoms with Gasteiger partial charge in [-0.05, 0) is 44.2 Å². The molecule has 2 aliphatic rings. The third kappa shape index (κ3) is 4.23. The van der Waals surface area contributed by atoms with Gasteiger partial charge in [-0.3, -0.25) is 0 Å². The Kier molecular flexibility index (Phi) is 5.26. The van der Waals surface area contributed by atoms with Crippen LogP contribution in [0.3, 0.4) is 0 Å². The van der Waals surface area contributed by atoms with Gasteiger partial charge in [-0.2, -0.15) is 0 Å². The van der Waals surface area contributed by atoms with Gasteiger partial charge in [0.2, 0.25) is 0 Å². The van der Waals surface area contributed by atoms with E-state index in [9.17, 15) is 0 Å². The Balaban J connectivity index is 1.74. The van der Waals surface area contributed by atoms with Crippen molar-refractivity contribution in [2.24, 2.45) is 11.8 Å². The molecule has 0 spiro atoms. The minimum absolute atomic E-state index is 0.555. The van der Waals surface area contributed by atoms with E-state index in [1.54, 1.807) is 0 Å². The number of nitrogens with one attached hydrogen (secondary N) is 1. The SMILES string of the molecule is CC(C)C1CCCN(CC2COCCN2)CC1. The highest BCUT2D eigenvalue weighted by Gasteiger charge is 2.22. The Bertz CT molecular complexity index is 214. The lowest BCUT2D eigenvalue weighted by molar-refractivity contribution is 0.0621. The van der Waals surface area contributed by atoms with Crippen molar-refractivity contribution in [1.82, 2.24) is 10.2 Å². The molecule has 2 heterocycles. The van der Waals surface area contributed by atoms with Crippen molar-refractivity contribution in [3.63, 3.8) is 0 Å². The van der Waals surface area contributed by atoms with Gasteiger partial charge < -0.3 is 15.0 Å². The Morgan fingerprint density at radius 2 is 2.18 bits per heavy atom. The second-order valence-corrected chi connectivity index (χ2v) is 5.96. The van der Waals surface area contributed by atoms with Crippen LogP contribution in [0.25, 0.3) is 0 Å². The van der Waals surface area contributed by atoms with Crippen LogP contribution in [0.5, 0.6) is 0 Å². The van der Waals surface area contributed by atoms with Crippen LogP contribution in [0.15, 0.2) is 0 Å². The van der Waals surface area contributed by atoms with Gasteiger partial charge in [0.05, 0.1) is 13.2 Å². The van der Waals surface area contributed by atoms with Gasteiger partial charge in [-0.15, -0.1) is 0 Å². The summed E-state index contributed by atoms with van der Waals surface area (Å²) in [6.07, 6.45) is 4.17. The van der Waals surface area contributed by atoms with Crippen molar-refractivity contribution in [2.45, 2.75) is 39.2 Å². The van der Waals surface area contributed by atoms with Crippen LogP contribution < -0.4 is 5.32 Å². The standard InChI is InChI=1S/C14H28N2O/c1-12(2)13-4-3-7-16(8-5-13)10-14-11-17-9-6-15-14/h12-15H,3-11H2,1-2H3. The quantitative estimate of drug-likeness (QED) is 0.813. The molecule has 0 amide bonds. The number of rotatable bonds is 3. The largest absolute Gasteiger partial charge is 0.378 e. The van der Waals surface area contributed by atoms with Crippen LogP contribution in [-0.2, 0) is 4.74 Å². The minimum atomic E-state index is 0.555. The van der Waals surface area contributed by atoms with Crippen molar-refractivity contribution < 1.29 is 4.74 Å². The summed E-state index contributed by atoms with van der Waals surface area (Å²) in [6, 6.07) is 0.555. The molecule has 2 atom stereocenters. The first-order chi connectivity index (χ1) is 8.25. The lowest BCUT2D eigenvalue weighted by atomic mass is 9.89. The number of nitrogens with zero attached hydrogens (tertiary/aromatic N) is 1. The molecular weight excluding hydrogens is 212 g/mol. The maximum atomic E-state index is 5.53. The maximum absolute atomic E-state index is 5.53. The van der Waals surface area contributed by atoms with Crippen LogP contribution in [0.4, 0.5) is 0 Å². The zero-order chi connectivity index (χ0) is 12.1. The van der Waals surface area contributed by atoms with Crippen LogP contribution >= 0.6 is 0 Å². The molecule has 2 fully saturated rings. The van der Waals surface area contributed by atoms with Gasteiger partial charge in [-0.1, -0.05) is 13.8 Å². The fourth-order valence-electron chi connectivity index (χ4n) is 3.08. The Morgan fingerprint density at radius 3 is 2.88 bits per heavy atom. The topological polar surface area (TPSA) is 24.5 Å². The average molecular weight is 240 g/mol. The van der Waals surface area contributed by atoms with E-state index in [-0.39, 0.29) is 0 Å². The number of hydrogen-bond acceptors (Lipinski definition) is 3. The second kappa shape index (κ2) is 6.72. The molecule has 0 aromatic heterocycles. The predicted molar refractivity (Wildman–Crippen MR) is 71.2 cm³/mol. The molecule has 3 nitrogen and oxygen atoms in total. The fraction of sp³-hybridized carbons (Fsp3) is 1.00. The van der Waals surface area contributed by atoms with E-state index >= 15 is 0 Å².